The Labute approximate surface area is 144 Å². The average molecular weight is 343 g/mol. The lowest BCUT2D eigenvalue weighted by Gasteiger charge is -2.24. The van der Waals surface area contributed by atoms with Crippen LogP contribution in [0.2, 0.25) is 0 Å². The molecule has 130 valence electrons. The second kappa shape index (κ2) is 6.06. The molecular weight excluding hydrogens is 324 g/mol. The van der Waals surface area contributed by atoms with Crippen molar-refractivity contribution in [3.63, 3.8) is 0 Å². The largest absolute Gasteiger partial charge is 0.374 e. The number of fused-ring (bicyclic) bond motifs is 2. The molecule has 2 aromatic heterocycles. The molecule has 1 unspecified atom stereocenters. The minimum absolute atomic E-state index is 0.0503. The number of halogens is 2. The summed E-state index contributed by atoms with van der Waals surface area (Å²) in [4.78, 5) is 8.70. The smallest absolute Gasteiger partial charge is 0.153 e. The Kier molecular flexibility index (Phi) is 3.86. The van der Waals surface area contributed by atoms with E-state index in [1.807, 2.05) is 4.68 Å². The molecule has 1 aliphatic rings. The molecule has 0 fully saturated rings. The topological polar surface area (TPSA) is 55.6 Å². The molecule has 0 radical (unpaired) electrons. The van der Waals surface area contributed by atoms with Crippen LogP contribution in [0, 0.1) is 11.6 Å². The van der Waals surface area contributed by atoms with Gasteiger partial charge in [-0.15, -0.1) is 0 Å². The van der Waals surface area contributed by atoms with Crippen LogP contribution in [-0.2, 0) is 6.54 Å². The zero-order chi connectivity index (χ0) is 17.6. The van der Waals surface area contributed by atoms with Gasteiger partial charge in [-0.05, 0) is 25.0 Å². The van der Waals surface area contributed by atoms with Gasteiger partial charge in [0, 0.05) is 35.8 Å². The van der Waals surface area contributed by atoms with Crippen LogP contribution in [0.25, 0.3) is 10.9 Å². The summed E-state index contributed by atoms with van der Waals surface area (Å²) in [7, 11) is 0. The zero-order valence-electron chi connectivity index (χ0n) is 14.1. The SMILES string of the molecule is CC(C)c1nc2n(n1)CCCC2Nc1ccnc2c(F)cc(F)cc12. The molecular formula is C18H19F2N5. The summed E-state index contributed by atoms with van der Waals surface area (Å²) in [5.41, 5.74) is 0.808. The molecule has 5 nitrogen and oxygen atoms in total. The molecule has 0 spiro atoms. The van der Waals surface area contributed by atoms with Gasteiger partial charge in [0.15, 0.2) is 11.6 Å². The molecule has 1 N–H and O–H groups in total. The molecule has 7 heteroatoms. The highest BCUT2D eigenvalue weighted by Gasteiger charge is 2.25. The van der Waals surface area contributed by atoms with Gasteiger partial charge in [-0.3, -0.25) is 4.98 Å². The van der Waals surface area contributed by atoms with E-state index in [0.29, 0.717) is 11.1 Å². The van der Waals surface area contributed by atoms with E-state index < -0.39 is 11.6 Å². The summed E-state index contributed by atoms with van der Waals surface area (Å²) in [6, 6.07) is 3.84. The summed E-state index contributed by atoms with van der Waals surface area (Å²) in [6.07, 6.45) is 3.38. The van der Waals surface area contributed by atoms with Crippen molar-refractivity contribution in [1.82, 2.24) is 19.7 Å². The third kappa shape index (κ3) is 2.83. The van der Waals surface area contributed by atoms with Gasteiger partial charge in [0.2, 0.25) is 0 Å². The van der Waals surface area contributed by atoms with E-state index in [1.165, 1.54) is 12.3 Å². The van der Waals surface area contributed by atoms with E-state index in [2.05, 4.69) is 34.2 Å². The van der Waals surface area contributed by atoms with Crippen LogP contribution in [0.1, 0.15) is 50.3 Å². The monoisotopic (exact) mass is 343 g/mol. The van der Waals surface area contributed by atoms with Crippen LogP contribution in [0.3, 0.4) is 0 Å². The Morgan fingerprint density at radius 1 is 1.28 bits per heavy atom. The highest BCUT2D eigenvalue weighted by molar-refractivity contribution is 5.91. The number of anilines is 1. The van der Waals surface area contributed by atoms with E-state index in [9.17, 15) is 8.78 Å². The lowest BCUT2D eigenvalue weighted by atomic mass is 10.1. The summed E-state index contributed by atoms with van der Waals surface area (Å²) >= 11 is 0. The molecule has 1 aromatic carbocycles. The molecule has 3 heterocycles. The maximum absolute atomic E-state index is 14.0. The van der Waals surface area contributed by atoms with Crippen molar-refractivity contribution < 1.29 is 8.78 Å². The predicted molar refractivity (Wildman–Crippen MR) is 91.4 cm³/mol. The first-order valence-electron chi connectivity index (χ1n) is 8.48. The van der Waals surface area contributed by atoms with Gasteiger partial charge in [0.25, 0.3) is 0 Å². The minimum Gasteiger partial charge on any atom is -0.374 e. The fourth-order valence-corrected chi connectivity index (χ4v) is 3.24. The number of benzene rings is 1. The fraction of sp³-hybridized carbons (Fsp3) is 0.389. The van der Waals surface area contributed by atoms with Gasteiger partial charge in [-0.1, -0.05) is 13.8 Å². The van der Waals surface area contributed by atoms with Crippen molar-refractivity contribution in [1.29, 1.82) is 0 Å². The van der Waals surface area contributed by atoms with Gasteiger partial charge < -0.3 is 5.32 Å². The summed E-state index contributed by atoms with van der Waals surface area (Å²) in [5, 5.41) is 8.39. The van der Waals surface area contributed by atoms with E-state index in [0.717, 1.165) is 37.1 Å². The lowest BCUT2D eigenvalue weighted by molar-refractivity contribution is 0.437. The standard InChI is InChI=1S/C18H19F2N5/c1-10(2)17-23-18-15(4-3-7-25(18)24-17)22-14-5-6-21-16-12(14)8-11(19)9-13(16)20/h5-6,8-10,15H,3-4,7H2,1-2H3,(H,21,22). The average Bonchev–Trinajstić information content (AvgIpc) is 3.01. The summed E-state index contributed by atoms with van der Waals surface area (Å²) in [5.74, 6) is 0.670. The molecule has 0 amide bonds. The van der Waals surface area contributed by atoms with Crippen molar-refractivity contribution >= 4 is 16.6 Å². The third-order valence-electron chi connectivity index (χ3n) is 4.50. The summed E-state index contributed by atoms with van der Waals surface area (Å²) < 4.78 is 29.6. The van der Waals surface area contributed by atoms with Gasteiger partial charge in [-0.2, -0.15) is 5.10 Å². The Morgan fingerprint density at radius 2 is 2.12 bits per heavy atom. The number of hydrogen-bond acceptors (Lipinski definition) is 4. The van der Waals surface area contributed by atoms with Crippen molar-refractivity contribution in [2.24, 2.45) is 0 Å². The number of aromatic nitrogens is 4. The van der Waals surface area contributed by atoms with Crippen molar-refractivity contribution in [3.05, 3.63) is 47.7 Å². The second-order valence-electron chi connectivity index (χ2n) is 6.69. The molecule has 4 rings (SSSR count). The quantitative estimate of drug-likeness (QED) is 0.775. The number of rotatable bonds is 3. The molecule has 0 bridgehead atoms. The predicted octanol–water partition coefficient (Wildman–Crippen LogP) is 4.17. The molecule has 3 aromatic rings. The number of pyridine rings is 1. The zero-order valence-corrected chi connectivity index (χ0v) is 14.1. The first-order valence-corrected chi connectivity index (χ1v) is 8.48. The van der Waals surface area contributed by atoms with Crippen molar-refractivity contribution in [2.45, 2.75) is 45.2 Å². The van der Waals surface area contributed by atoms with Gasteiger partial charge >= 0.3 is 0 Å². The van der Waals surface area contributed by atoms with E-state index in [1.54, 1.807) is 6.07 Å². The van der Waals surface area contributed by atoms with Crippen LogP contribution >= 0.6 is 0 Å². The van der Waals surface area contributed by atoms with Crippen LogP contribution in [-0.4, -0.2) is 19.7 Å². The number of aryl methyl sites for hydroxylation is 1. The van der Waals surface area contributed by atoms with Crippen molar-refractivity contribution in [2.75, 3.05) is 5.32 Å². The summed E-state index contributed by atoms with van der Waals surface area (Å²) in [6.45, 7) is 4.96. The second-order valence-corrected chi connectivity index (χ2v) is 6.69. The van der Waals surface area contributed by atoms with Crippen LogP contribution in [0.5, 0.6) is 0 Å². The molecule has 25 heavy (non-hydrogen) atoms. The van der Waals surface area contributed by atoms with Crippen molar-refractivity contribution in [3.8, 4) is 0 Å². The van der Waals surface area contributed by atoms with Gasteiger partial charge in [0.1, 0.15) is 17.2 Å². The van der Waals surface area contributed by atoms with Crippen LogP contribution < -0.4 is 5.32 Å². The molecule has 0 saturated heterocycles. The normalized spacial score (nSPS) is 17.1. The highest BCUT2D eigenvalue weighted by Crippen LogP contribution is 2.32. The van der Waals surface area contributed by atoms with E-state index in [-0.39, 0.29) is 17.5 Å². The van der Waals surface area contributed by atoms with E-state index >= 15 is 0 Å². The molecule has 0 saturated carbocycles. The van der Waals surface area contributed by atoms with Gasteiger partial charge in [0.05, 0.1) is 6.04 Å². The Hall–Kier alpha value is -2.57. The fourth-order valence-electron chi connectivity index (χ4n) is 3.24. The minimum atomic E-state index is -0.660. The van der Waals surface area contributed by atoms with Crippen LogP contribution in [0.4, 0.5) is 14.5 Å². The Bertz CT molecular complexity index is 935. The van der Waals surface area contributed by atoms with Crippen LogP contribution in [0.15, 0.2) is 24.4 Å². The number of nitrogens with one attached hydrogen (secondary N) is 1. The highest BCUT2D eigenvalue weighted by atomic mass is 19.1. The number of nitrogens with zero attached hydrogens (tertiary/aromatic N) is 4. The van der Waals surface area contributed by atoms with E-state index in [4.69, 9.17) is 0 Å². The lowest BCUT2D eigenvalue weighted by Crippen LogP contribution is -2.22. The Morgan fingerprint density at radius 3 is 2.92 bits per heavy atom. The van der Waals surface area contributed by atoms with Gasteiger partial charge in [-0.25, -0.2) is 18.4 Å². The maximum Gasteiger partial charge on any atom is 0.153 e. The molecule has 1 aliphatic heterocycles. The number of hydrogen-bond donors (Lipinski definition) is 1. The first-order chi connectivity index (χ1) is 12.0. The maximum atomic E-state index is 14.0. The molecule has 0 aliphatic carbocycles. The Balaban J connectivity index is 1.74. The first kappa shape index (κ1) is 15.9. The third-order valence-corrected chi connectivity index (χ3v) is 4.50. The molecule has 1 atom stereocenters.